The first-order valence-electron chi connectivity index (χ1n) is 7.55. The smallest absolute Gasteiger partial charge is 0.357 e. The van der Waals surface area contributed by atoms with Crippen LogP contribution < -0.4 is 5.32 Å². The third-order valence-corrected chi connectivity index (χ3v) is 4.01. The Hall–Kier alpha value is -1.10. The topological polar surface area (TPSA) is 51.2 Å². The van der Waals surface area contributed by atoms with Crippen LogP contribution in [-0.4, -0.2) is 24.6 Å². The molecule has 0 amide bonds. The van der Waals surface area contributed by atoms with E-state index >= 15 is 0 Å². The van der Waals surface area contributed by atoms with Crippen molar-refractivity contribution in [3.63, 3.8) is 0 Å². The molecule has 1 aromatic heterocycles. The number of nitrogens with one attached hydrogen (secondary N) is 1. The number of thiazole rings is 1. The highest BCUT2D eigenvalue weighted by Gasteiger charge is 2.09. The average Bonchev–Trinajstić information content (AvgIpc) is 2.93. The van der Waals surface area contributed by atoms with E-state index < -0.39 is 0 Å². The van der Waals surface area contributed by atoms with Crippen molar-refractivity contribution >= 4 is 22.4 Å². The third-order valence-electron chi connectivity index (χ3n) is 3.21. The van der Waals surface area contributed by atoms with Crippen LogP contribution in [0.25, 0.3) is 0 Å². The van der Waals surface area contributed by atoms with Crippen molar-refractivity contribution in [2.24, 2.45) is 0 Å². The lowest BCUT2D eigenvalue weighted by molar-refractivity contribution is 0.0595. The minimum absolute atomic E-state index is 0.374. The molecule has 0 saturated carbocycles. The maximum atomic E-state index is 11.2. The highest BCUT2D eigenvalue weighted by atomic mass is 32.1. The average molecular weight is 298 g/mol. The summed E-state index contributed by atoms with van der Waals surface area (Å²) in [6.45, 7) is 3.17. The first kappa shape index (κ1) is 17.0. The summed E-state index contributed by atoms with van der Waals surface area (Å²) in [6, 6.07) is 0. The van der Waals surface area contributed by atoms with Gasteiger partial charge in [-0.15, -0.1) is 11.3 Å². The maximum absolute atomic E-state index is 11.2. The third kappa shape index (κ3) is 6.89. The van der Waals surface area contributed by atoms with Crippen molar-refractivity contribution in [3.8, 4) is 0 Å². The number of nitrogens with zero attached hydrogens (tertiary/aromatic N) is 1. The second-order valence-corrected chi connectivity index (χ2v) is 5.79. The molecule has 0 spiro atoms. The van der Waals surface area contributed by atoms with E-state index in [4.69, 9.17) is 0 Å². The van der Waals surface area contributed by atoms with Crippen LogP contribution in [-0.2, 0) is 4.74 Å². The van der Waals surface area contributed by atoms with Gasteiger partial charge < -0.3 is 10.1 Å². The first-order valence-corrected chi connectivity index (χ1v) is 8.43. The van der Waals surface area contributed by atoms with Gasteiger partial charge in [-0.05, 0) is 6.42 Å². The van der Waals surface area contributed by atoms with Crippen molar-refractivity contribution in [3.05, 3.63) is 11.1 Å². The highest BCUT2D eigenvalue weighted by Crippen LogP contribution is 2.16. The number of esters is 1. The van der Waals surface area contributed by atoms with Gasteiger partial charge in [0.1, 0.15) is 0 Å². The number of anilines is 1. The van der Waals surface area contributed by atoms with Crippen molar-refractivity contribution in [1.29, 1.82) is 0 Å². The number of hydrogen-bond acceptors (Lipinski definition) is 5. The second-order valence-electron chi connectivity index (χ2n) is 4.93. The van der Waals surface area contributed by atoms with Gasteiger partial charge in [0.05, 0.1) is 7.11 Å². The van der Waals surface area contributed by atoms with Crippen molar-refractivity contribution in [1.82, 2.24) is 4.98 Å². The number of hydrogen-bond donors (Lipinski definition) is 1. The molecule has 20 heavy (non-hydrogen) atoms. The Bertz CT molecular complexity index is 380. The van der Waals surface area contributed by atoms with Crippen LogP contribution in [0, 0.1) is 0 Å². The summed E-state index contributed by atoms with van der Waals surface area (Å²) in [5.74, 6) is -0.374. The van der Waals surface area contributed by atoms with E-state index in [0.717, 1.165) is 18.1 Å². The van der Waals surface area contributed by atoms with E-state index in [9.17, 15) is 4.79 Å². The van der Waals surface area contributed by atoms with Crippen LogP contribution in [0.2, 0.25) is 0 Å². The van der Waals surface area contributed by atoms with Gasteiger partial charge in [0.25, 0.3) is 0 Å². The molecule has 1 aromatic rings. The second kappa shape index (κ2) is 10.7. The summed E-state index contributed by atoms with van der Waals surface area (Å²) in [4.78, 5) is 15.4. The number of methoxy groups -OCH3 is 1. The van der Waals surface area contributed by atoms with E-state index in [2.05, 4.69) is 22.0 Å². The van der Waals surface area contributed by atoms with Crippen LogP contribution in [0.15, 0.2) is 5.38 Å². The number of carbonyl (C=O) groups is 1. The van der Waals surface area contributed by atoms with Crippen molar-refractivity contribution in [2.75, 3.05) is 19.0 Å². The van der Waals surface area contributed by atoms with Gasteiger partial charge in [-0.3, -0.25) is 0 Å². The molecule has 0 aliphatic rings. The quantitative estimate of drug-likeness (QED) is 0.483. The molecule has 1 N–H and O–H groups in total. The van der Waals surface area contributed by atoms with Gasteiger partial charge in [-0.1, -0.05) is 51.9 Å². The number of rotatable bonds is 11. The molecular weight excluding hydrogens is 272 g/mol. The predicted octanol–water partition coefficient (Wildman–Crippen LogP) is 4.48. The molecular formula is C15H26N2O2S. The minimum atomic E-state index is -0.374. The molecule has 0 aliphatic heterocycles. The molecule has 1 heterocycles. The van der Waals surface area contributed by atoms with Crippen LogP contribution in [0.3, 0.4) is 0 Å². The monoisotopic (exact) mass is 298 g/mol. The van der Waals surface area contributed by atoms with E-state index in [1.54, 1.807) is 5.38 Å². The Morgan fingerprint density at radius 1 is 1.20 bits per heavy atom. The van der Waals surface area contributed by atoms with Gasteiger partial charge in [-0.2, -0.15) is 0 Å². The number of carbonyl (C=O) groups excluding carboxylic acids is 1. The summed E-state index contributed by atoms with van der Waals surface area (Å²) in [7, 11) is 1.37. The van der Waals surface area contributed by atoms with Gasteiger partial charge in [0.2, 0.25) is 0 Å². The molecule has 0 radical (unpaired) electrons. The number of ether oxygens (including phenoxy) is 1. The van der Waals surface area contributed by atoms with Crippen LogP contribution >= 0.6 is 11.3 Å². The molecule has 1 rings (SSSR count). The van der Waals surface area contributed by atoms with Gasteiger partial charge in [0.15, 0.2) is 10.8 Å². The molecule has 5 heteroatoms. The molecule has 0 saturated heterocycles. The lowest BCUT2D eigenvalue weighted by atomic mass is 10.1. The van der Waals surface area contributed by atoms with E-state index in [1.807, 2.05) is 0 Å². The molecule has 0 aromatic carbocycles. The fraction of sp³-hybridized carbons (Fsp3) is 0.733. The number of unbranched alkanes of at least 4 members (excludes halogenated alkanes) is 7. The molecule has 0 atom stereocenters. The molecule has 0 bridgehead atoms. The lowest BCUT2D eigenvalue weighted by Gasteiger charge is -2.03. The van der Waals surface area contributed by atoms with E-state index in [1.165, 1.54) is 63.4 Å². The van der Waals surface area contributed by atoms with Crippen LogP contribution in [0.5, 0.6) is 0 Å². The Morgan fingerprint density at radius 2 is 1.85 bits per heavy atom. The predicted molar refractivity (Wildman–Crippen MR) is 84.6 cm³/mol. The zero-order valence-electron chi connectivity index (χ0n) is 12.6. The Balaban J connectivity index is 2.01. The molecule has 0 aliphatic carbocycles. The van der Waals surface area contributed by atoms with Crippen LogP contribution in [0.4, 0.5) is 5.13 Å². The van der Waals surface area contributed by atoms with Crippen molar-refractivity contribution < 1.29 is 9.53 Å². The lowest BCUT2D eigenvalue weighted by Crippen LogP contribution is -2.04. The Kier molecular flexibility index (Phi) is 9.04. The number of aromatic nitrogens is 1. The zero-order valence-corrected chi connectivity index (χ0v) is 13.4. The summed E-state index contributed by atoms with van der Waals surface area (Å²) in [6.07, 6.45) is 10.5. The highest BCUT2D eigenvalue weighted by molar-refractivity contribution is 7.13. The molecule has 4 nitrogen and oxygen atoms in total. The minimum Gasteiger partial charge on any atom is -0.464 e. The molecule has 114 valence electrons. The fourth-order valence-corrected chi connectivity index (χ4v) is 2.72. The SMILES string of the molecule is CCCCCCCCCCNc1nc(C(=O)OC)cs1. The summed E-state index contributed by atoms with van der Waals surface area (Å²) >= 11 is 1.45. The first-order chi connectivity index (χ1) is 9.77. The summed E-state index contributed by atoms with van der Waals surface area (Å²) in [5, 5.41) is 5.78. The summed E-state index contributed by atoms with van der Waals surface area (Å²) < 4.78 is 4.62. The molecule has 0 unspecified atom stereocenters. The largest absolute Gasteiger partial charge is 0.464 e. The van der Waals surface area contributed by atoms with E-state index in [-0.39, 0.29) is 5.97 Å². The summed E-state index contributed by atoms with van der Waals surface area (Å²) in [5.41, 5.74) is 0.385. The van der Waals surface area contributed by atoms with Crippen LogP contribution in [0.1, 0.15) is 68.8 Å². The normalized spacial score (nSPS) is 10.5. The van der Waals surface area contributed by atoms with Gasteiger partial charge in [0, 0.05) is 11.9 Å². The standard InChI is InChI=1S/C15H26N2O2S/c1-3-4-5-6-7-8-9-10-11-16-15-17-13(12-20-15)14(18)19-2/h12H,3-11H2,1-2H3,(H,16,17). The fourth-order valence-electron chi connectivity index (χ4n) is 2.01. The Labute approximate surface area is 125 Å². The zero-order chi connectivity index (χ0) is 14.6. The maximum Gasteiger partial charge on any atom is 0.357 e. The van der Waals surface area contributed by atoms with Crippen molar-refractivity contribution in [2.45, 2.75) is 58.3 Å². The van der Waals surface area contributed by atoms with Gasteiger partial charge >= 0.3 is 5.97 Å². The Morgan fingerprint density at radius 3 is 2.50 bits per heavy atom. The van der Waals surface area contributed by atoms with Gasteiger partial charge in [-0.25, -0.2) is 9.78 Å². The molecule has 0 fully saturated rings. The van der Waals surface area contributed by atoms with E-state index in [0.29, 0.717) is 5.69 Å².